The Balaban J connectivity index is 1.62. The fourth-order valence-corrected chi connectivity index (χ4v) is 3.46. The quantitative estimate of drug-likeness (QED) is 0.564. The third-order valence-corrected chi connectivity index (χ3v) is 4.93. The Morgan fingerprint density at radius 1 is 0.889 bits per heavy atom. The van der Waals surface area contributed by atoms with Gasteiger partial charge in [0.15, 0.2) is 5.78 Å². The molecule has 1 amide bonds. The van der Waals surface area contributed by atoms with Gasteiger partial charge in [-0.05, 0) is 43.3 Å². The number of hydrogen-bond donors (Lipinski definition) is 2. The standard InChI is InChI=1S/C22H20N2O2S/c1-16(25)17-8-7-9-18(14-17)24-22(26)15-23-20-12-5-6-13-21(20)27-19-10-3-2-4-11-19/h2-14,23H,15H2,1H3,(H,24,26). The SMILES string of the molecule is CC(=O)c1cccc(NC(=O)CNc2ccccc2Sc2ccccc2)c1. The lowest BCUT2D eigenvalue weighted by Gasteiger charge is -2.12. The van der Waals surface area contributed by atoms with E-state index in [0.717, 1.165) is 15.5 Å². The highest BCUT2D eigenvalue weighted by molar-refractivity contribution is 7.99. The number of rotatable bonds is 7. The van der Waals surface area contributed by atoms with Crippen LogP contribution in [0.1, 0.15) is 17.3 Å². The lowest BCUT2D eigenvalue weighted by molar-refractivity contribution is -0.114. The van der Waals surface area contributed by atoms with Crippen molar-refractivity contribution < 1.29 is 9.59 Å². The van der Waals surface area contributed by atoms with E-state index in [2.05, 4.69) is 22.8 Å². The van der Waals surface area contributed by atoms with E-state index < -0.39 is 0 Å². The molecule has 0 unspecified atom stereocenters. The third-order valence-electron chi connectivity index (χ3n) is 3.85. The molecule has 0 saturated carbocycles. The second kappa shape index (κ2) is 9.05. The zero-order valence-electron chi connectivity index (χ0n) is 14.9. The van der Waals surface area contributed by atoms with Gasteiger partial charge in [-0.25, -0.2) is 0 Å². The molecule has 0 aliphatic carbocycles. The molecule has 3 aromatic carbocycles. The highest BCUT2D eigenvalue weighted by atomic mass is 32.2. The Morgan fingerprint density at radius 3 is 2.41 bits per heavy atom. The van der Waals surface area contributed by atoms with Gasteiger partial charge in [-0.15, -0.1) is 0 Å². The molecular weight excluding hydrogens is 356 g/mol. The first kappa shape index (κ1) is 18.7. The summed E-state index contributed by atoms with van der Waals surface area (Å²) in [7, 11) is 0. The van der Waals surface area contributed by atoms with Crippen LogP contribution in [0, 0.1) is 0 Å². The average molecular weight is 376 g/mol. The smallest absolute Gasteiger partial charge is 0.243 e. The molecule has 0 spiro atoms. The Morgan fingerprint density at radius 2 is 1.63 bits per heavy atom. The zero-order chi connectivity index (χ0) is 19.1. The molecule has 0 radical (unpaired) electrons. The number of nitrogens with one attached hydrogen (secondary N) is 2. The van der Waals surface area contributed by atoms with Crippen molar-refractivity contribution in [3.05, 3.63) is 84.4 Å². The molecule has 2 N–H and O–H groups in total. The number of anilines is 2. The monoisotopic (exact) mass is 376 g/mol. The Hall–Kier alpha value is -3.05. The Kier molecular flexibility index (Phi) is 6.28. The topological polar surface area (TPSA) is 58.2 Å². The number of carbonyl (C=O) groups is 2. The number of ketones is 1. The lowest BCUT2D eigenvalue weighted by Crippen LogP contribution is -2.22. The van der Waals surface area contributed by atoms with Gasteiger partial charge in [-0.1, -0.05) is 54.2 Å². The van der Waals surface area contributed by atoms with Crippen LogP contribution in [0.4, 0.5) is 11.4 Å². The molecule has 4 nitrogen and oxygen atoms in total. The summed E-state index contributed by atoms with van der Waals surface area (Å²) in [5.41, 5.74) is 2.09. The second-order valence-corrected chi connectivity index (χ2v) is 7.07. The van der Waals surface area contributed by atoms with E-state index in [1.807, 2.05) is 42.5 Å². The molecule has 3 rings (SSSR count). The molecule has 5 heteroatoms. The van der Waals surface area contributed by atoms with E-state index in [4.69, 9.17) is 0 Å². The van der Waals surface area contributed by atoms with Crippen LogP contribution in [0.25, 0.3) is 0 Å². The molecule has 0 atom stereocenters. The van der Waals surface area contributed by atoms with E-state index in [1.165, 1.54) is 6.92 Å². The summed E-state index contributed by atoms with van der Waals surface area (Å²) in [4.78, 5) is 25.9. The summed E-state index contributed by atoms with van der Waals surface area (Å²) in [6.45, 7) is 1.64. The van der Waals surface area contributed by atoms with E-state index in [-0.39, 0.29) is 18.2 Å². The third kappa shape index (κ3) is 5.46. The average Bonchev–Trinajstić information content (AvgIpc) is 2.68. The van der Waals surface area contributed by atoms with Crippen LogP contribution in [0.2, 0.25) is 0 Å². The van der Waals surface area contributed by atoms with E-state index in [9.17, 15) is 9.59 Å². The molecular formula is C22H20N2O2S. The highest BCUT2D eigenvalue weighted by Crippen LogP contribution is 2.33. The molecule has 0 saturated heterocycles. The van der Waals surface area contributed by atoms with Gasteiger partial charge in [0, 0.05) is 26.7 Å². The van der Waals surface area contributed by atoms with Crippen LogP contribution in [0.15, 0.2) is 88.7 Å². The van der Waals surface area contributed by atoms with Crippen LogP contribution in [0.3, 0.4) is 0 Å². The van der Waals surface area contributed by atoms with Crippen molar-refractivity contribution in [1.29, 1.82) is 0 Å². The maximum atomic E-state index is 12.3. The molecule has 0 aliphatic rings. The Bertz CT molecular complexity index is 942. The summed E-state index contributed by atoms with van der Waals surface area (Å²) in [6.07, 6.45) is 0. The Labute approximate surface area is 163 Å². The summed E-state index contributed by atoms with van der Waals surface area (Å²) < 4.78 is 0. The molecule has 0 fully saturated rings. The fraction of sp³-hybridized carbons (Fsp3) is 0.0909. The minimum Gasteiger partial charge on any atom is -0.375 e. The van der Waals surface area contributed by atoms with Gasteiger partial charge in [0.2, 0.25) is 5.91 Å². The van der Waals surface area contributed by atoms with Crippen molar-refractivity contribution in [3.63, 3.8) is 0 Å². The lowest BCUT2D eigenvalue weighted by atomic mass is 10.1. The summed E-state index contributed by atoms with van der Waals surface area (Å²) >= 11 is 1.64. The van der Waals surface area contributed by atoms with Crippen molar-refractivity contribution in [1.82, 2.24) is 0 Å². The normalized spacial score (nSPS) is 10.3. The number of para-hydroxylation sites is 1. The number of hydrogen-bond acceptors (Lipinski definition) is 4. The molecule has 136 valence electrons. The summed E-state index contributed by atoms with van der Waals surface area (Å²) in [6, 6.07) is 24.9. The summed E-state index contributed by atoms with van der Waals surface area (Å²) in [5.74, 6) is -0.202. The van der Waals surface area contributed by atoms with E-state index in [0.29, 0.717) is 11.3 Å². The van der Waals surface area contributed by atoms with Gasteiger partial charge in [0.05, 0.1) is 6.54 Å². The highest BCUT2D eigenvalue weighted by Gasteiger charge is 2.08. The van der Waals surface area contributed by atoms with E-state index in [1.54, 1.807) is 36.0 Å². The van der Waals surface area contributed by atoms with Crippen LogP contribution in [0.5, 0.6) is 0 Å². The predicted octanol–water partition coefficient (Wildman–Crippen LogP) is 5.09. The second-order valence-electron chi connectivity index (χ2n) is 5.95. The zero-order valence-corrected chi connectivity index (χ0v) is 15.8. The number of benzene rings is 3. The maximum Gasteiger partial charge on any atom is 0.243 e. The van der Waals surface area contributed by atoms with E-state index >= 15 is 0 Å². The largest absolute Gasteiger partial charge is 0.375 e. The van der Waals surface area contributed by atoms with Crippen molar-refractivity contribution in [3.8, 4) is 0 Å². The van der Waals surface area contributed by atoms with Crippen molar-refractivity contribution >= 4 is 34.8 Å². The molecule has 0 aromatic heterocycles. The van der Waals surface area contributed by atoms with Gasteiger partial charge >= 0.3 is 0 Å². The molecule has 27 heavy (non-hydrogen) atoms. The molecule has 0 aliphatic heterocycles. The van der Waals surface area contributed by atoms with Crippen LogP contribution < -0.4 is 10.6 Å². The van der Waals surface area contributed by atoms with Crippen molar-refractivity contribution in [2.24, 2.45) is 0 Å². The minimum absolute atomic E-state index is 0.0314. The number of Topliss-reactive ketones (excluding diaryl/α,β-unsaturated/α-hetero) is 1. The molecule has 3 aromatic rings. The first-order valence-corrected chi connectivity index (χ1v) is 9.40. The number of amides is 1. The van der Waals surface area contributed by atoms with Gasteiger partial charge < -0.3 is 10.6 Å². The van der Waals surface area contributed by atoms with Crippen molar-refractivity contribution in [2.45, 2.75) is 16.7 Å². The van der Waals surface area contributed by atoms with Crippen LogP contribution >= 0.6 is 11.8 Å². The van der Waals surface area contributed by atoms with Crippen LogP contribution in [-0.4, -0.2) is 18.2 Å². The van der Waals surface area contributed by atoms with Gasteiger partial charge in [-0.2, -0.15) is 0 Å². The van der Waals surface area contributed by atoms with Gasteiger partial charge in [-0.3, -0.25) is 9.59 Å². The van der Waals surface area contributed by atoms with Crippen LogP contribution in [-0.2, 0) is 4.79 Å². The molecule has 0 bridgehead atoms. The predicted molar refractivity (Wildman–Crippen MR) is 111 cm³/mol. The van der Waals surface area contributed by atoms with Gasteiger partial charge in [0.1, 0.15) is 0 Å². The minimum atomic E-state index is -0.171. The van der Waals surface area contributed by atoms with Crippen molar-refractivity contribution in [2.75, 3.05) is 17.2 Å². The number of carbonyl (C=O) groups excluding carboxylic acids is 2. The first-order chi connectivity index (χ1) is 13.1. The first-order valence-electron chi connectivity index (χ1n) is 8.58. The maximum absolute atomic E-state index is 12.3. The van der Waals surface area contributed by atoms with Gasteiger partial charge in [0.25, 0.3) is 0 Å². The molecule has 0 heterocycles. The summed E-state index contributed by atoms with van der Waals surface area (Å²) in [5, 5.41) is 6.01. The fourth-order valence-electron chi connectivity index (χ4n) is 2.51.